The zero-order valence-electron chi connectivity index (χ0n) is 13.0. The van der Waals surface area contributed by atoms with Crippen LogP contribution in [0.15, 0.2) is 16.8 Å². The van der Waals surface area contributed by atoms with Gasteiger partial charge in [-0.25, -0.2) is 4.79 Å². The van der Waals surface area contributed by atoms with Crippen LogP contribution >= 0.6 is 11.3 Å². The van der Waals surface area contributed by atoms with Crippen molar-refractivity contribution >= 4 is 17.4 Å². The topological polar surface area (TPSA) is 55.8 Å². The molecular weight excluding hydrogens is 286 g/mol. The van der Waals surface area contributed by atoms with E-state index in [9.17, 15) is 9.90 Å². The van der Waals surface area contributed by atoms with Crippen molar-refractivity contribution < 1.29 is 9.90 Å². The zero-order chi connectivity index (χ0) is 15.5. The predicted molar refractivity (Wildman–Crippen MR) is 85.6 cm³/mol. The largest absolute Gasteiger partial charge is 0.384 e. The molecule has 1 aliphatic rings. The number of rotatable bonds is 4. The van der Waals surface area contributed by atoms with E-state index in [1.807, 2.05) is 28.7 Å². The Labute approximate surface area is 130 Å². The van der Waals surface area contributed by atoms with E-state index in [2.05, 4.69) is 5.32 Å². The summed E-state index contributed by atoms with van der Waals surface area (Å²) >= 11 is 1.60. The summed E-state index contributed by atoms with van der Waals surface area (Å²) in [5.74, 6) is 0. The molecule has 2 heterocycles. The average Bonchev–Trinajstić information content (AvgIpc) is 3.00. The van der Waals surface area contributed by atoms with Gasteiger partial charge in [0, 0.05) is 39.8 Å². The lowest BCUT2D eigenvalue weighted by atomic mass is 9.97. The molecule has 2 N–H and O–H groups in total. The minimum absolute atomic E-state index is 0.0821. The average molecular weight is 311 g/mol. The Morgan fingerprint density at radius 2 is 2.19 bits per heavy atom. The molecule has 1 aromatic rings. The number of thiophene rings is 1. The molecule has 5 nitrogen and oxygen atoms in total. The molecule has 0 radical (unpaired) electrons. The van der Waals surface area contributed by atoms with Gasteiger partial charge < -0.3 is 20.2 Å². The molecule has 6 heteroatoms. The van der Waals surface area contributed by atoms with Crippen LogP contribution in [-0.4, -0.2) is 60.7 Å². The Morgan fingerprint density at radius 3 is 2.71 bits per heavy atom. The van der Waals surface area contributed by atoms with E-state index in [1.165, 1.54) is 0 Å². The molecule has 1 fully saturated rings. The minimum atomic E-state index is -0.837. The lowest BCUT2D eigenvalue weighted by Crippen LogP contribution is -2.50. The molecule has 118 valence electrons. The number of carbonyl (C=O) groups excluding carboxylic acids is 1. The summed E-state index contributed by atoms with van der Waals surface area (Å²) in [6, 6.07) is 2.41. The molecule has 1 saturated heterocycles. The summed E-state index contributed by atoms with van der Waals surface area (Å²) in [5.41, 5.74) is 0.122. The molecule has 0 aliphatic carbocycles. The molecule has 2 rings (SSSR count). The number of hydrogen-bond acceptors (Lipinski definition) is 4. The number of amides is 2. The number of piperidine rings is 1. The summed E-state index contributed by atoms with van der Waals surface area (Å²) in [6.45, 7) is 3.92. The number of hydrogen-bond donors (Lipinski definition) is 2. The van der Waals surface area contributed by atoms with Gasteiger partial charge in [0.15, 0.2) is 0 Å². The van der Waals surface area contributed by atoms with Crippen LogP contribution in [0.5, 0.6) is 0 Å². The number of likely N-dealkylation sites (tertiary alicyclic amines) is 1. The van der Waals surface area contributed by atoms with Crippen molar-refractivity contribution in [3.63, 3.8) is 0 Å². The summed E-state index contributed by atoms with van der Waals surface area (Å²) in [7, 11) is 3.56. The molecule has 0 saturated carbocycles. The number of aliphatic hydroxyl groups is 1. The van der Waals surface area contributed by atoms with Crippen molar-refractivity contribution in [2.45, 2.75) is 31.4 Å². The lowest BCUT2D eigenvalue weighted by molar-refractivity contribution is 0.0509. The molecule has 1 unspecified atom stereocenters. The van der Waals surface area contributed by atoms with Crippen LogP contribution in [-0.2, 0) is 5.60 Å². The molecule has 1 aromatic heterocycles. The Balaban J connectivity index is 1.78. The number of carbonyl (C=O) groups is 1. The van der Waals surface area contributed by atoms with Crippen molar-refractivity contribution in [3.8, 4) is 0 Å². The third-order valence-corrected chi connectivity index (χ3v) is 4.71. The van der Waals surface area contributed by atoms with Gasteiger partial charge in [0.2, 0.25) is 0 Å². The van der Waals surface area contributed by atoms with Crippen LogP contribution in [0.25, 0.3) is 0 Å². The van der Waals surface area contributed by atoms with Gasteiger partial charge in [0.05, 0.1) is 5.60 Å². The first-order chi connectivity index (χ1) is 9.90. The zero-order valence-corrected chi connectivity index (χ0v) is 13.8. The maximum absolute atomic E-state index is 11.9. The standard InChI is InChI=1S/C15H25N3O2S/c1-15(20,12-6-9-21-10-12)11-16-13-4-7-18(8-5-13)14(19)17(2)3/h6,9-10,13,16,20H,4-5,7-8,11H2,1-3H3. The summed E-state index contributed by atoms with van der Waals surface area (Å²) in [6.07, 6.45) is 1.86. The second-order valence-electron chi connectivity index (χ2n) is 6.11. The normalized spacial score (nSPS) is 19.3. The van der Waals surface area contributed by atoms with Gasteiger partial charge in [-0.05, 0) is 42.2 Å². The van der Waals surface area contributed by atoms with E-state index in [-0.39, 0.29) is 6.03 Å². The van der Waals surface area contributed by atoms with Gasteiger partial charge in [-0.15, -0.1) is 0 Å². The summed E-state index contributed by atoms with van der Waals surface area (Å²) in [5, 5.41) is 17.9. The molecule has 0 aromatic carbocycles. The highest BCUT2D eigenvalue weighted by Gasteiger charge is 2.27. The van der Waals surface area contributed by atoms with Crippen molar-refractivity contribution in [3.05, 3.63) is 22.4 Å². The van der Waals surface area contributed by atoms with Crippen molar-refractivity contribution in [1.82, 2.24) is 15.1 Å². The quantitative estimate of drug-likeness (QED) is 0.890. The van der Waals surface area contributed by atoms with Crippen LogP contribution < -0.4 is 5.32 Å². The molecule has 1 atom stereocenters. The highest BCUT2D eigenvalue weighted by Crippen LogP contribution is 2.23. The van der Waals surface area contributed by atoms with Crippen LogP contribution in [0.1, 0.15) is 25.3 Å². The molecular formula is C15H25N3O2S. The summed E-state index contributed by atoms with van der Waals surface area (Å²) < 4.78 is 0. The molecule has 0 spiro atoms. The van der Waals surface area contributed by atoms with Crippen molar-refractivity contribution in [2.75, 3.05) is 33.7 Å². The second-order valence-corrected chi connectivity index (χ2v) is 6.89. The fourth-order valence-electron chi connectivity index (χ4n) is 2.57. The number of nitrogens with one attached hydrogen (secondary N) is 1. The first kappa shape index (κ1) is 16.3. The van der Waals surface area contributed by atoms with E-state index in [4.69, 9.17) is 0 Å². The van der Waals surface area contributed by atoms with Crippen LogP contribution in [0, 0.1) is 0 Å². The van der Waals surface area contributed by atoms with Crippen LogP contribution in [0.3, 0.4) is 0 Å². The van der Waals surface area contributed by atoms with Gasteiger partial charge in [0.25, 0.3) is 0 Å². The first-order valence-electron chi connectivity index (χ1n) is 7.35. The molecule has 2 amide bonds. The smallest absolute Gasteiger partial charge is 0.319 e. The van der Waals surface area contributed by atoms with Crippen LogP contribution in [0.2, 0.25) is 0 Å². The van der Waals surface area contributed by atoms with Gasteiger partial charge >= 0.3 is 6.03 Å². The van der Waals surface area contributed by atoms with Gasteiger partial charge in [-0.1, -0.05) is 0 Å². The van der Waals surface area contributed by atoms with E-state index in [0.29, 0.717) is 12.6 Å². The summed E-state index contributed by atoms with van der Waals surface area (Å²) in [4.78, 5) is 15.4. The second kappa shape index (κ2) is 6.77. The molecule has 1 aliphatic heterocycles. The van der Waals surface area contributed by atoms with Gasteiger partial charge in [-0.2, -0.15) is 11.3 Å². The lowest BCUT2D eigenvalue weighted by Gasteiger charge is -2.35. The predicted octanol–water partition coefficient (Wildman–Crippen LogP) is 1.69. The Hall–Kier alpha value is -1.11. The third kappa shape index (κ3) is 4.18. The van der Waals surface area contributed by atoms with E-state index in [1.54, 1.807) is 30.3 Å². The highest BCUT2D eigenvalue weighted by molar-refractivity contribution is 7.08. The van der Waals surface area contributed by atoms with E-state index < -0.39 is 5.60 Å². The monoisotopic (exact) mass is 311 g/mol. The third-order valence-electron chi connectivity index (χ3n) is 4.03. The fourth-order valence-corrected chi connectivity index (χ4v) is 3.36. The fraction of sp³-hybridized carbons (Fsp3) is 0.667. The van der Waals surface area contributed by atoms with Gasteiger partial charge in [-0.3, -0.25) is 0 Å². The maximum atomic E-state index is 11.9. The van der Waals surface area contributed by atoms with Gasteiger partial charge in [0.1, 0.15) is 0 Å². The Morgan fingerprint density at radius 1 is 1.52 bits per heavy atom. The molecule has 21 heavy (non-hydrogen) atoms. The Kier molecular flexibility index (Phi) is 5.24. The number of urea groups is 1. The maximum Gasteiger partial charge on any atom is 0.319 e. The molecule has 0 bridgehead atoms. The van der Waals surface area contributed by atoms with Crippen molar-refractivity contribution in [2.24, 2.45) is 0 Å². The first-order valence-corrected chi connectivity index (χ1v) is 8.29. The Bertz CT molecular complexity index is 451. The van der Waals surface area contributed by atoms with E-state index >= 15 is 0 Å². The highest BCUT2D eigenvalue weighted by atomic mass is 32.1. The minimum Gasteiger partial charge on any atom is -0.384 e. The van der Waals surface area contributed by atoms with E-state index in [0.717, 1.165) is 31.5 Å². The van der Waals surface area contributed by atoms with Crippen molar-refractivity contribution in [1.29, 1.82) is 0 Å². The number of nitrogens with zero attached hydrogens (tertiary/aromatic N) is 2. The SMILES string of the molecule is CN(C)C(=O)N1CCC(NCC(C)(O)c2ccsc2)CC1. The van der Waals surface area contributed by atoms with Crippen LogP contribution in [0.4, 0.5) is 4.79 Å².